The van der Waals surface area contributed by atoms with Crippen LogP contribution in [-0.4, -0.2) is 62.3 Å². The van der Waals surface area contributed by atoms with Gasteiger partial charge >= 0.3 is 0 Å². The van der Waals surface area contributed by atoms with Gasteiger partial charge in [-0.05, 0) is 62.7 Å². The van der Waals surface area contributed by atoms with Crippen LogP contribution >= 0.6 is 0 Å². The van der Waals surface area contributed by atoms with E-state index in [1.165, 1.54) is 0 Å². The number of anilines is 1. The smallest absolute Gasteiger partial charge is 0.271 e. The molecule has 2 heterocycles. The molecule has 2 unspecified atom stereocenters. The molecule has 2 aromatic carbocycles. The van der Waals surface area contributed by atoms with Gasteiger partial charge in [0.15, 0.2) is 5.03 Å². The number of aromatic nitrogens is 1. The van der Waals surface area contributed by atoms with Gasteiger partial charge in [-0.2, -0.15) is 0 Å². The fourth-order valence-electron chi connectivity index (χ4n) is 5.61. The molecule has 0 radical (unpaired) electrons. The molecule has 2 aliphatic rings. The van der Waals surface area contributed by atoms with Crippen molar-refractivity contribution >= 4 is 27.4 Å². The summed E-state index contributed by atoms with van der Waals surface area (Å²) in [7, 11) is -0.321. The number of likely N-dealkylation sites (N-methyl/N-ethyl adjacent to an activating group) is 1. The van der Waals surface area contributed by atoms with E-state index >= 15 is 0 Å². The fourth-order valence-corrected chi connectivity index (χ4v) is 6.91. The molecule has 41 heavy (non-hydrogen) atoms. The molecule has 5 rings (SSSR count). The van der Waals surface area contributed by atoms with Crippen molar-refractivity contribution in [1.29, 1.82) is 0 Å². The molecule has 1 aromatic heterocycles. The highest BCUT2D eigenvalue weighted by molar-refractivity contribution is 7.89. The van der Waals surface area contributed by atoms with Crippen molar-refractivity contribution in [2.24, 2.45) is 0 Å². The van der Waals surface area contributed by atoms with Crippen LogP contribution in [0.3, 0.4) is 0 Å². The molecule has 0 spiro atoms. The number of ether oxygens (including phenoxy) is 1. The van der Waals surface area contributed by atoms with Gasteiger partial charge in [0.2, 0.25) is 11.3 Å². The molecule has 2 atom stereocenters. The van der Waals surface area contributed by atoms with Crippen LogP contribution in [0.15, 0.2) is 41.4 Å². The fraction of sp³-hybridized carbons (Fsp3) is 0.379. The van der Waals surface area contributed by atoms with E-state index < -0.39 is 33.0 Å². The number of ketones is 1. The minimum atomic E-state index is -3.97. The topological polar surface area (TPSA) is 167 Å². The number of rotatable bonds is 8. The van der Waals surface area contributed by atoms with Gasteiger partial charge in [0, 0.05) is 29.9 Å². The third-order valence-electron chi connectivity index (χ3n) is 8.04. The van der Waals surface area contributed by atoms with E-state index in [1.807, 2.05) is 38.9 Å². The molecule has 6 N–H and O–H groups in total. The molecule has 3 aromatic rings. The quantitative estimate of drug-likeness (QED) is 0.253. The summed E-state index contributed by atoms with van der Waals surface area (Å²) in [5, 5.41) is 14.7. The lowest BCUT2D eigenvalue weighted by Gasteiger charge is -2.34. The molecule has 11 nitrogen and oxygen atoms in total. The maximum Gasteiger partial charge on any atom is 0.271 e. The van der Waals surface area contributed by atoms with Gasteiger partial charge in [0.25, 0.3) is 21.7 Å². The standard InChI is InChI=1S/C29H35N5O6S/c1-15(2)18-10-11-19-22(14-18)40-29(37)20-8-7-9-21(30)23(20)25(35)28(19,29)33-26(36)24-16(3)17(4)27(32-24)41(38,39)31-12-13-34(5)6/h7-11,14-15,31-32,37H,12-13,30H2,1-6H3,(H,33,36). The van der Waals surface area contributed by atoms with E-state index in [1.54, 1.807) is 44.2 Å². The van der Waals surface area contributed by atoms with Gasteiger partial charge in [0.05, 0.1) is 5.56 Å². The van der Waals surface area contributed by atoms with Crippen LogP contribution in [0, 0.1) is 13.8 Å². The number of nitrogens with two attached hydrogens (primary N) is 1. The van der Waals surface area contributed by atoms with Crippen molar-refractivity contribution in [2.45, 2.75) is 50.0 Å². The molecular weight excluding hydrogens is 546 g/mol. The molecule has 0 saturated carbocycles. The van der Waals surface area contributed by atoms with Crippen LogP contribution in [0.2, 0.25) is 0 Å². The normalized spacial score (nSPS) is 21.1. The summed E-state index contributed by atoms with van der Waals surface area (Å²) < 4.78 is 34.8. The van der Waals surface area contributed by atoms with Crippen molar-refractivity contribution in [2.75, 3.05) is 32.9 Å². The van der Waals surface area contributed by atoms with Gasteiger partial charge in [-0.25, -0.2) is 13.1 Å². The minimum Gasteiger partial charge on any atom is -0.454 e. The molecule has 0 bridgehead atoms. The summed E-state index contributed by atoms with van der Waals surface area (Å²) in [4.78, 5) is 32.7. The SMILES string of the molecule is Cc1c(C(=O)NC23C(=O)c4c(N)cccc4C2(O)Oc2cc(C(C)C)ccc23)[nH]c(S(=O)(=O)NCCN(C)C)c1C. The second-order valence-corrected chi connectivity index (χ2v) is 12.9. The number of nitrogens with one attached hydrogen (secondary N) is 3. The van der Waals surface area contributed by atoms with E-state index in [0.29, 0.717) is 17.7 Å². The van der Waals surface area contributed by atoms with E-state index in [-0.39, 0.29) is 51.3 Å². The molecule has 12 heteroatoms. The largest absolute Gasteiger partial charge is 0.454 e. The number of carbonyl (C=O) groups excluding carboxylic acids is 2. The van der Waals surface area contributed by atoms with Crippen LogP contribution < -0.4 is 20.5 Å². The van der Waals surface area contributed by atoms with Gasteiger partial charge in [-0.3, -0.25) is 9.59 Å². The number of aliphatic hydroxyl groups is 1. The third kappa shape index (κ3) is 4.16. The molecule has 0 fully saturated rings. The lowest BCUT2D eigenvalue weighted by molar-refractivity contribution is -0.169. The number of sulfonamides is 1. The first-order chi connectivity index (χ1) is 19.2. The summed E-state index contributed by atoms with van der Waals surface area (Å²) in [6, 6.07) is 9.92. The number of nitrogen functional groups attached to an aromatic ring is 1. The predicted octanol–water partition coefficient (Wildman–Crippen LogP) is 2.24. The average molecular weight is 582 g/mol. The predicted molar refractivity (Wildman–Crippen MR) is 153 cm³/mol. The maximum atomic E-state index is 14.2. The van der Waals surface area contributed by atoms with Crippen LogP contribution in [-0.2, 0) is 21.3 Å². The number of benzene rings is 2. The number of carbonyl (C=O) groups is 2. The number of aromatic amines is 1. The Labute approximate surface area is 239 Å². The zero-order valence-electron chi connectivity index (χ0n) is 23.9. The second kappa shape index (κ2) is 9.69. The van der Waals surface area contributed by atoms with Crippen LogP contribution in [0.4, 0.5) is 5.69 Å². The van der Waals surface area contributed by atoms with Gasteiger partial charge in [0.1, 0.15) is 11.4 Å². The summed E-state index contributed by atoms with van der Waals surface area (Å²) in [6.45, 7) is 7.86. The molecular formula is C29H35N5O6S. The van der Waals surface area contributed by atoms with Gasteiger partial charge in [-0.15, -0.1) is 0 Å². The number of hydrogen-bond donors (Lipinski definition) is 5. The first-order valence-electron chi connectivity index (χ1n) is 13.3. The van der Waals surface area contributed by atoms with Crippen molar-refractivity contribution in [3.05, 3.63) is 75.5 Å². The molecule has 1 amide bonds. The molecule has 218 valence electrons. The van der Waals surface area contributed by atoms with Crippen LogP contribution in [0.1, 0.15) is 68.4 Å². The van der Waals surface area contributed by atoms with E-state index in [4.69, 9.17) is 10.5 Å². The third-order valence-corrected chi connectivity index (χ3v) is 9.57. The first-order valence-corrected chi connectivity index (χ1v) is 14.8. The highest BCUT2D eigenvalue weighted by Gasteiger charge is 2.72. The first kappa shape index (κ1) is 28.8. The number of H-pyrrole nitrogens is 1. The molecule has 1 aliphatic heterocycles. The summed E-state index contributed by atoms with van der Waals surface area (Å²) in [6.07, 6.45) is 0. The summed E-state index contributed by atoms with van der Waals surface area (Å²) in [5.74, 6) is -3.31. The minimum absolute atomic E-state index is 0.0571. The van der Waals surface area contributed by atoms with Crippen molar-refractivity contribution in [3.8, 4) is 5.75 Å². The van der Waals surface area contributed by atoms with E-state index in [2.05, 4.69) is 15.0 Å². The lowest BCUT2D eigenvalue weighted by atomic mass is 9.82. The number of nitrogens with zero attached hydrogens (tertiary/aromatic N) is 1. The Bertz CT molecular complexity index is 1700. The Morgan fingerprint density at radius 1 is 1.15 bits per heavy atom. The Kier molecular flexibility index (Phi) is 6.81. The van der Waals surface area contributed by atoms with Crippen molar-refractivity contribution < 1.29 is 27.9 Å². The highest BCUT2D eigenvalue weighted by atomic mass is 32.2. The monoisotopic (exact) mass is 581 g/mol. The second-order valence-electron chi connectivity index (χ2n) is 11.2. The zero-order valence-corrected chi connectivity index (χ0v) is 24.7. The summed E-state index contributed by atoms with van der Waals surface area (Å²) in [5.41, 5.74) is 6.31. The molecule has 0 saturated heterocycles. The Balaban J connectivity index is 1.61. The lowest BCUT2D eigenvalue weighted by Crippen LogP contribution is -2.60. The van der Waals surface area contributed by atoms with Gasteiger partial charge in [-0.1, -0.05) is 38.1 Å². The van der Waals surface area contributed by atoms with Crippen LogP contribution in [0.25, 0.3) is 0 Å². The van der Waals surface area contributed by atoms with Crippen LogP contribution in [0.5, 0.6) is 5.75 Å². The van der Waals surface area contributed by atoms with E-state index in [9.17, 15) is 23.1 Å². The molecule has 1 aliphatic carbocycles. The van der Waals surface area contributed by atoms with E-state index in [0.717, 1.165) is 5.56 Å². The Morgan fingerprint density at radius 3 is 2.51 bits per heavy atom. The average Bonchev–Trinajstić information content (AvgIpc) is 3.40. The van der Waals surface area contributed by atoms with Crippen molar-refractivity contribution in [3.63, 3.8) is 0 Å². The number of fused-ring (bicyclic) bond motifs is 5. The Morgan fingerprint density at radius 2 is 1.85 bits per heavy atom. The number of Topliss-reactive ketones (excluding diaryl/α,β-unsaturated/α-hetero) is 1. The van der Waals surface area contributed by atoms with Gasteiger partial charge < -0.3 is 30.8 Å². The number of hydrogen-bond acceptors (Lipinski definition) is 8. The number of amides is 1. The highest BCUT2D eigenvalue weighted by Crippen LogP contribution is 2.59. The maximum absolute atomic E-state index is 14.2. The summed E-state index contributed by atoms with van der Waals surface area (Å²) >= 11 is 0. The Hall–Kier alpha value is -3.71. The zero-order chi connectivity index (χ0) is 30.1. The van der Waals surface area contributed by atoms with Crippen molar-refractivity contribution in [1.82, 2.24) is 19.9 Å².